The van der Waals surface area contributed by atoms with Crippen LogP contribution >= 0.6 is 0 Å². The van der Waals surface area contributed by atoms with Gasteiger partial charge in [-0.3, -0.25) is 5.32 Å². The number of aliphatic hydroxyl groups excluding tert-OH is 1. The van der Waals surface area contributed by atoms with Crippen molar-refractivity contribution < 1.29 is 10.2 Å². The quantitative estimate of drug-likeness (QED) is 0.416. The Hall–Kier alpha value is -0.120. The number of unbranched alkanes of at least 4 members (excludes halogenated alkanes) is 6. The zero-order valence-electron chi connectivity index (χ0n) is 12.0. The van der Waals surface area contributed by atoms with Crippen LogP contribution in [-0.4, -0.2) is 22.2 Å². The molecule has 0 aromatic rings. The van der Waals surface area contributed by atoms with E-state index in [1.807, 2.05) is 0 Å². The van der Waals surface area contributed by atoms with Crippen LogP contribution in [0.15, 0.2) is 0 Å². The fourth-order valence-electron chi connectivity index (χ4n) is 2.78. The summed E-state index contributed by atoms with van der Waals surface area (Å²) in [4.78, 5) is 0. The van der Waals surface area contributed by atoms with Gasteiger partial charge in [0.25, 0.3) is 0 Å². The highest BCUT2D eigenvalue weighted by Crippen LogP contribution is 2.27. The normalized spacial score (nSPS) is 20.2. The van der Waals surface area contributed by atoms with Gasteiger partial charge in [-0.05, 0) is 38.5 Å². The minimum absolute atomic E-state index is 0.538. The summed E-state index contributed by atoms with van der Waals surface area (Å²) in [6.07, 6.45) is 12.7. The number of hydrogen-bond donors (Lipinski definition) is 3. The van der Waals surface area contributed by atoms with Crippen molar-refractivity contribution in [1.29, 1.82) is 0 Å². The molecule has 0 bridgehead atoms. The fraction of sp³-hybridized carbons (Fsp3) is 1.00. The minimum atomic E-state index is -0.791. The summed E-state index contributed by atoms with van der Waals surface area (Å²) in [6.45, 7) is 2.23. The summed E-state index contributed by atoms with van der Waals surface area (Å²) in [5, 5.41) is 22.9. The molecule has 0 aromatic carbocycles. The summed E-state index contributed by atoms with van der Waals surface area (Å²) < 4.78 is 0. The first kappa shape index (κ1) is 15.9. The van der Waals surface area contributed by atoms with Gasteiger partial charge in [0, 0.05) is 0 Å². The van der Waals surface area contributed by atoms with E-state index in [-0.39, 0.29) is 0 Å². The highest BCUT2D eigenvalue weighted by atomic mass is 16.3. The van der Waals surface area contributed by atoms with Crippen molar-refractivity contribution in [3.05, 3.63) is 0 Å². The molecule has 3 heteroatoms. The van der Waals surface area contributed by atoms with Crippen molar-refractivity contribution in [2.75, 3.05) is 0 Å². The highest BCUT2D eigenvalue weighted by Gasteiger charge is 2.32. The third-order valence-electron chi connectivity index (χ3n) is 3.95. The Balaban J connectivity index is 1.95. The SMILES string of the molecule is CCCCCCCCCC(O)NC1(O)CCCC1. The van der Waals surface area contributed by atoms with Crippen LogP contribution in [0.25, 0.3) is 0 Å². The standard InChI is InChI=1S/C15H31NO2/c1-2-3-4-5-6-7-8-11-14(17)16-15(18)12-9-10-13-15/h14,16-18H,2-13H2,1H3. The van der Waals surface area contributed by atoms with E-state index in [9.17, 15) is 10.2 Å². The van der Waals surface area contributed by atoms with Crippen molar-refractivity contribution in [1.82, 2.24) is 5.32 Å². The Labute approximate surface area is 112 Å². The van der Waals surface area contributed by atoms with Crippen LogP contribution in [0.4, 0.5) is 0 Å². The summed E-state index contributed by atoms with van der Waals surface area (Å²) in [5.41, 5.74) is -0.791. The van der Waals surface area contributed by atoms with E-state index in [1.54, 1.807) is 0 Å². The Bertz CT molecular complexity index is 203. The summed E-state index contributed by atoms with van der Waals surface area (Å²) >= 11 is 0. The van der Waals surface area contributed by atoms with Crippen molar-refractivity contribution >= 4 is 0 Å². The van der Waals surface area contributed by atoms with E-state index in [0.717, 1.165) is 38.5 Å². The molecule has 0 aromatic heterocycles. The predicted octanol–water partition coefficient (Wildman–Crippen LogP) is 3.30. The smallest absolute Gasteiger partial charge is 0.117 e. The molecule has 1 unspecified atom stereocenters. The van der Waals surface area contributed by atoms with Crippen molar-refractivity contribution in [2.24, 2.45) is 0 Å². The van der Waals surface area contributed by atoms with Crippen LogP contribution in [0.1, 0.15) is 84.0 Å². The van der Waals surface area contributed by atoms with E-state index >= 15 is 0 Å². The van der Waals surface area contributed by atoms with Gasteiger partial charge in [-0.2, -0.15) is 0 Å². The first-order valence-corrected chi connectivity index (χ1v) is 7.84. The van der Waals surface area contributed by atoms with Gasteiger partial charge in [0.05, 0.1) is 0 Å². The average Bonchev–Trinajstić information content (AvgIpc) is 2.74. The third kappa shape index (κ3) is 6.72. The zero-order valence-corrected chi connectivity index (χ0v) is 12.0. The Morgan fingerprint density at radius 2 is 1.56 bits per heavy atom. The molecule has 1 fully saturated rings. The molecule has 0 amide bonds. The molecule has 1 aliphatic carbocycles. The van der Waals surface area contributed by atoms with Gasteiger partial charge in [-0.1, -0.05) is 45.4 Å². The number of nitrogens with one attached hydrogen (secondary N) is 1. The predicted molar refractivity (Wildman–Crippen MR) is 75.2 cm³/mol. The molecule has 3 N–H and O–H groups in total. The van der Waals surface area contributed by atoms with E-state index in [4.69, 9.17) is 0 Å². The fourth-order valence-corrected chi connectivity index (χ4v) is 2.78. The third-order valence-corrected chi connectivity index (χ3v) is 3.95. The summed E-state index contributed by atoms with van der Waals surface area (Å²) in [6, 6.07) is 0. The van der Waals surface area contributed by atoms with Crippen LogP contribution in [0.3, 0.4) is 0 Å². The lowest BCUT2D eigenvalue weighted by atomic mass is 10.1. The van der Waals surface area contributed by atoms with Crippen molar-refractivity contribution in [2.45, 2.75) is 95.9 Å². The van der Waals surface area contributed by atoms with Gasteiger partial charge in [-0.15, -0.1) is 0 Å². The second kappa shape index (κ2) is 8.89. The van der Waals surface area contributed by atoms with Crippen LogP contribution in [0, 0.1) is 0 Å². The van der Waals surface area contributed by atoms with Crippen LogP contribution in [0.5, 0.6) is 0 Å². The second-order valence-electron chi connectivity index (χ2n) is 5.81. The molecule has 0 spiro atoms. The first-order valence-electron chi connectivity index (χ1n) is 7.84. The number of rotatable bonds is 10. The maximum atomic E-state index is 10.1. The molecule has 0 heterocycles. The topological polar surface area (TPSA) is 52.5 Å². The lowest BCUT2D eigenvalue weighted by Gasteiger charge is -2.27. The Morgan fingerprint density at radius 1 is 1.00 bits per heavy atom. The van der Waals surface area contributed by atoms with Crippen LogP contribution in [-0.2, 0) is 0 Å². The van der Waals surface area contributed by atoms with Gasteiger partial charge in [0.15, 0.2) is 0 Å². The lowest BCUT2D eigenvalue weighted by Crippen LogP contribution is -2.48. The molecular weight excluding hydrogens is 226 g/mol. The Morgan fingerprint density at radius 3 is 2.17 bits per heavy atom. The van der Waals surface area contributed by atoms with E-state index < -0.39 is 12.0 Å². The summed E-state index contributed by atoms with van der Waals surface area (Å²) in [5.74, 6) is 0. The largest absolute Gasteiger partial charge is 0.379 e. The van der Waals surface area contributed by atoms with E-state index in [2.05, 4.69) is 12.2 Å². The monoisotopic (exact) mass is 257 g/mol. The van der Waals surface area contributed by atoms with Gasteiger partial charge < -0.3 is 10.2 Å². The molecule has 18 heavy (non-hydrogen) atoms. The van der Waals surface area contributed by atoms with Gasteiger partial charge in [0.2, 0.25) is 0 Å². The van der Waals surface area contributed by atoms with Gasteiger partial charge >= 0.3 is 0 Å². The maximum absolute atomic E-state index is 10.1. The molecule has 3 nitrogen and oxygen atoms in total. The number of hydrogen-bond acceptors (Lipinski definition) is 3. The van der Waals surface area contributed by atoms with E-state index in [0.29, 0.717) is 0 Å². The number of aliphatic hydroxyl groups is 2. The first-order chi connectivity index (χ1) is 8.66. The Kier molecular flexibility index (Phi) is 7.87. The van der Waals surface area contributed by atoms with E-state index in [1.165, 1.54) is 38.5 Å². The van der Waals surface area contributed by atoms with Gasteiger partial charge in [0.1, 0.15) is 12.0 Å². The lowest BCUT2D eigenvalue weighted by molar-refractivity contribution is -0.0441. The highest BCUT2D eigenvalue weighted by molar-refractivity contribution is 4.82. The second-order valence-corrected chi connectivity index (χ2v) is 5.81. The molecular formula is C15H31NO2. The molecule has 1 aliphatic rings. The molecule has 0 radical (unpaired) electrons. The summed E-state index contributed by atoms with van der Waals surface area (Å²) in [7, 11) is 0. The van der Waals surface area contributed by atoms with Crippen molar-refractivity contribution in [3.63, 3.8) is 0 Å². The molecule has 0 aliphatic heterocycles. The molecule has 1 saturated carbocycles. The average molecular weight is 257 g/mol. The van der Waals surface area contributed by atoms with Crippen LogP contribution in [0.2, 0.25) is 0 Å². The van der Waals surface area contributed by atoms with Crippen molar-refractivity contribution in [3.8, 4) is 0 Å². The zero-order chi connectivity index (χ0) is 13.3. The molecule has 1 atom stereocenters. The molecule has 1 rings (SSSR count). The minimum Gasteiger partial charge on any atom is -0.379 e. The molecule has 0 saturated heterocycles. The van der Waals surface area contributed by atoms with Crippen LogP contribution < -0.4 is 5.32 Å². The van der Waals surface area contributed by atoms with Gasteiger partial charge in [-0.25, -0.2) is 0 Å². The molecule has 108 valence electrons. The maximum Gasteiger partial charge on any atom is 0.117 e.